The first-order chi connectivity index (χ1) is 27.8. The van der Waals surface area contributed by atoms with Crippen molar-refractivity contribution in [1.29, 1.82) is 0 Å². The number of imide groups is 1. The van der Waals surface area contributed by atoms with E-state index in [1.165, 1.54) is 25.7 Å². The normalized spacial score (nSPS) is 21.9. The van der Waals surface area contributed by atoms with Crippen LogP contribution in [0.5, 0.6) is 5.75 Å². The molecule has 1 spiro atoms. The zero-order valence-corrected chi connectivity index (χ0v) is 32.0. The van der Waals surface area contributed by atoms with Gasteiger partial charge in [-0.3, -0.25) is 24.4 Å². The summed E-state index contributed by atoms with van der Waals surface area (Å²) in [6.07, 6.45) is 16.8. The van der Waals surface area contributed by atoms with Crippen molar-refractivity contribution in [2.75, 3.05) is 49.5 Å². The van der Waals surface area contributed by atoms with Gasteiger partial charge in [0.25, 0.3) is 5.91 Å². The Morgan fingerprint density at radius 1 is 1.00 bits per heavy atom. The molecular formula is C43H48FN9O4. The number of amides is 3. The molecule has 0 radical (unpaired) electrons. The van der Waals surface area contributed by atoms with E-state index in [1.807, 2.05) is 18.2 Å². The van der Waals surface area contributed by atoms with Gasteiger partial charge in [-0.15, -0.1) is 0 Å². The van der Waals surface area contributed by atoms with Crippen molar-refractivity contribution in [1.82, 2.24) is 34.6 Å². The van der Waals surface area contributed by atoms with Gasteiger partial charge in [-0.05, 0) is 99.3 Å². The first-order valence-electron chi connectivity index (χ1n) is 20.6. The summed E-state index contributed by atoms with van der Waals surface area (Å²) in [4.78, 5) is 46.5. The highest BCUT2D eigenvalue weighted by Crippen LogP contribution is 2.53. The number of piperidine rings is 3. The number of aromatic nitrogens is 5. The van der Waals surface area contributed by atoms with Crippen molar-refractivity contribution in [3.63, 3.8) is 0 Å². The minimum absolute atomic E-state index is 0.238. The third-order valence-electron chi connectivity index (χ3n) is 13.2. The van der Waals surface area contributed by atoms with Crippen LogP contribution in [0.1, 0.15) is 92.1 Å². The van der Waals surface area contributed by atoms with E-state index >= 15 is 4.39 Å². The number of hydrogen-bond donors (Lipinski definition) is 2. The molecule has 3 saturated heterocycles. The van der Waals surface area contributed by atoms with Crippen LogP contribution in [0.15, 0.2) is 61.2 Å². The first kappa shape index (κ1) is 36.0. The van der Waals surface area contributed by atoms with Crippen molar-refractivity contribution in [2.45, 2.75) is 76.2 Å². The smallest absolute Gasteiger partial charge is 0.261 e. The molecule has 2 saturated carbocycles. The maximum Gasteiger partial charge on any atom is 0.261 e. The maximum atomic E-state index is 15.2. The van der Waals surface area contributed by atoms with E-state index < -0.39 is 11.8 Å². The molecule has 2 N–H and O–H groups in total. The second-order valence-electron chi connectivity index (χ2n) is 17.2. The van der Waals surface area contributed by atoms with Gasteiger partial charge in [-0.25, -0.2) is 13.9 Å². The lowest BCUT2D eigenvalue weighted by Gasteiger charge is -2.54. The molecule has 2 aromatic carbocycles. The summed E-state index contributed by atoms with van der Waals surface area (Å²) in [5.74, 6) is -0.0546. The van der Waals surface area contributed by atoms with E-state index in [1.54, 1.807) is 41.3 Å². The number of nitrogens with zero attached hydrogens (tertiary/aromatic N) is 7. The number of rotatable bonds is 10. The van der Waals surface area contributed by atoms with Gasteiger partial charge in [-0.2, -0.15) is 10.2 Å². The SMILES string of the molecule is O=C1CCC(c2ccc(N3CCC4(CC3)CC(CN3CCC(n5cc6cc(NC(=O)c7cnn8cccnc78)c(OCC7CC7)cc6n5)CC3)C4)cc2F)C(=O)N1. The van der Waals surface area contributed by atoms with E-state index in [4.69, 9.17) is 9.84 Å². The number of likely N-dealkylation sites (tertiary alicyclic amines) is 1. The number of halogens is 1. The molecule has 13 nitrogen and oxygen atoms in total. The average molecular weight is 774 g/mol. The molecular weight excluding hydrogens is 726 g/mol. The number of hydrogen-bond acceptors (Lipinski definition) is 9. The molecule has 5 aromatic rings. The minimum atomic E-state index is -0.611. The van der Waals surface area contributed by atoms with Crippen molar-refractivity contribution < 1.29 is 23.5 Å². The summed E-state index contributed by atoms with van der Waals surface area (Å²) in [5, 5.41) is 15.7. The standard InChI is InChI=1S/C43H48FN9O4/c44-35-19-31(4-5-32(35)33-6-7-39(54)48-41(33)55)51-16-10-43(11-17-51)21-28(22-43)24-50-14-8-30(9-15-50)53-25-29-18-37(38(20-36(29)49-53)57-26-27-2-3-27)47-42(56)34-23-46-52-13-1-12-45-40(34)52/h1,4-5,12-13,18-20,23,25,27-28,30,33H,2-3,6-11,14-17,21-22,24,26H2,(H,47,56)(H,48,54,55). The Hall–Kier alpha value is -5.37. The Morgan fingerprint density at radius 3 is 2.60 bits per heavy atom. The lowest BCUT2D eigenvalue weighted by molar-refractivity contribution is -0.134. The van der Waals surface area contributed by atoms with Crippen molar-refractivity contribution in [3.05, 3.63) is 78.1 Å². The number of ether oxygens (including phenoxy) is 1. The van der Waals surface area contributed by atoms with Crippen LogP contribution in [0.3, 0.4) is 0 Å². The fourth-order valence-corrected chi connectivity index (χ4v) is 9.80. The maximum absolute atomic E-state index is 15.2. The summed E-state index contributed by atoms with van der Waals surface area (Å²) >= 11 is 0. The average Bonchev–Trinajstić information content (AvgIpc) is 3.78. The van der Waals surface area contributed by atoms with Gasteiger partial charge >= 0.3 is 0 Å². The summed E-state index contributed by atoms with van der Waals surface area (Å²) in [5.41, 5.74) is 4.02. The highest BCUT2D eigenvalue weighted by Gasteiger charge is 2.46. The highest BCUT2D eigenvalue weighted by molar-refractivity contribution is 6.09. The van der Waals surface area contributed by atoms with E-state index in [9.17, 15) is 14.4 Å². The quantitative estimate of drug-likeness (QED) is 0.161. The van der Waals surface area contributed by atoms with Gasteiger partial charge in [-0.1, -0.05) is 6.07 Å². The largest absolute Gasteiger partial charge is 0.491 e. The Bertz CT molecular complexity index is 2350. The van der Waals surface area contributed by atoms with E-state index in [0.29, 0.717) is 64.5 Å². The summed E-state index contributed by atoms with van der Waals surface area (Å²) in [6.45, 7) is 5.67. The molecule has 10 rings (SSSR count). The van der Waals surface area contributed by atoms with E-state index in [2.05, 4.69) is 41.4 Å². The van der Waals surface area contributed by atoms with Crippen LogP contribution in [0.4, 0.5) is 15.8 Å². The molecule has 6 heterocycles. The monoisotopic (exact) mass is 773 g/mol. The molecule has 3 aliphatic heterocycles. The number of anilines is 2. The first-order valence-corrected chi connectivity index (χ1v) is 20.6. The second-order valence-corrected chi connectivity index (χ2v) is 17.2. The zero-order valence-electron chi connectivity index (χ0n) is 32.0. The topological polar surface area (TPSA) is 139 Å². The third kappa shape index (κ3) is 7.24. The summed E-state index contributed by atoms with van der Waals surface area (Å²) in [7, 11) is 0. The Kier molecular flexibility index (Phi) is 9.18. The van der Waals surface area contributed by atoms with Gasteiger partial charge in [0.05, 0.1) is 36.0 Å². The van der Waals surface area contributed by atoms with Gasteiger partial charge in [0.15, 0.2) is 5.65 Å². The highest BCUT2D eigenvalue weighted by atomic mass is 19.1. The van der Waals surface area contributed by atoms with Crippen LogP contribution in [0.2, 0.25) is 0 Å². The van der Waals surface area contributed by atoms with Gasteiger partial charge in [0, 0.05) is 80.4 Å². The number of carbonyl (C=O) groups is 3. The number of carbonyl (C=O) groups excluding carboxylic acids is 3. The Balaban J connectivity index is 0.723. The minimum Gasteiger partial charge on any atom is -0.491 e. The number of nitrogens with one attached hydrogen (secondary N) is 2. The fourth-order valence-electron chi connectivity index (χ4n) is 9.80. The Morgan fingerprint density at radius 2 is 1.82 bits per heavy atom. The number of fused-ring (bicyclic) bond motifs is 2. The molecule has 3 aromatic heterocycles. The van der Waals surface area contributed by atoms with Crippen molar-refractivity contribution >= 4 is 45.6 Å². The van der Waals surface area contributed by atoms with Crippen LogP contribution in [-0.2, 0) is 9.59 Å². The van der Waals surface area contributed by atoms with Gasteiger partial charge in [0.1, 0.15) is 17.1 Å². The second kappa shape index (κ2) is 14.5. The van der Waals surface area contributed by atoms with E-state index in [-0.39, 0.29) is 24.1 Å². The van der Waals surface area contributed by atoms with E-state index in [0.717, 1.165) is 75.0 Å². The molecule has 296 valence electrons. The molecule has 2 aliphatic carbocycles. The van der Waals surface area contributed by atoms with Crippen LogP contribution >= 0.6 is 0 Å². The fraction of sp³-hybridized carbons (Fsp3) is 0.488. The molecule has 5 fully saturated rings. The molecule has 57 heavy (non-hydrogen) atoms. The predicted octanol–water partition coefficient (Wildman–Crippen LogP) is 6.11. The molecule has 1 atom stereocenters. The molecule has 14 heteroatoms. The molecule has 1 unspecified atom stereocenters. The Labute approximate surface area is 329 Å². The predicted molar refractivity (Wildman–Crippen MR) is 212 cm³/mol. The van der Waals surface area contributed by atoms with Crippen LogP contribution in [0, 0.1) is 23.1 Å². The van der Waals surface area contributed by atoms with Crippen molar-refractivity contribution in [3.8, 4) is 5.75 Å². The van der Waals surface area contributed by atoms with Crippen molar-refractivity contribution in [2.24, 2.45) is 17.3 Å². The van der Waals surface area contributed by atoms with Crippen LogP contribution in [-0.4, -0.2) is 86.3 Å². The molecule has 0 bridgehead atoms. The zero-order chi connectivity index (χ0) is 38.7. The molecule has 3 amide bonds. The van der Waals surface area contributed by atoms with Crippen LogP contribution in [0.25, 0.3) is 16.6 Å². The summed E-state index contributed by atoms with van der Waals surface area (Å²) in [6, 6.07) is 11.3. The lowest BCUT2D eigenvalue weighted by atomic mass is 9.57. The lowest BCUT2D eigenvalue weighted by Crippen LogP contribution is -2.50. The third-order valence-corrected chi connectivity index (χ3v) is 13.2. The summed E-state index contributed by atoms with van der Waals surface area (Å²) < 4.78 is 25.2. The number of benzene rings is 2. The van der Waals surface area contributed by atoms with Gasteiger partial charge in [0.2, 0.25) is 11.8 Å². The van der Waals surface area contributed by atoms with Crippen LogP contribution < -0.4 is 20.3 Å². The van der Waals surface area contributed by atoms with Gasteiger partial charge < -0.3 is 19.9 Å². The molecule has 5 aliphatic rings.